The van der Waals surface area contributed by atoms with Crippen LogP contribution >= 0.6 is 0 Å². The van der Waals surface area contributed by atoms with Crippen molar-refractivity contribution in [2.24, 2.45) is 40.4 Å². The molecule has 0 N–H and O–H groups in total. The van der Waals surface area contributed by atoms with Crippen LogP contribution < -0.4 is 0 Å². The molecule has 5 aliphatic rings. The number of Topliss-reactive ketones (excluding diaryl/α,β-unsaturated/α-hetero) is 3. The van der Waals surface area contributed by atoms with Crippen LogP contribution in [0.4, 0.5) is 0 Å². The molecule has 7 heteroatoms. The van der Waals surface area contributed by atoms with Crippen molar-refractivity contribution < 1.29 is 51.9 Å². The van der Waals surface area contributed by atoms with Gasteiger partial charge in [-0.3, -0.25) is 19.2 Å². The zero-order chi connectivity index (χ0) is 23.0. The number of carbonyl (C=O) groups excluding carboxylic acids is 4. The predicted molar refractivity (Wildman–Crippen MR) is 113 cm³/mol. The predicted octanol–water partition coefficient (Wildman–Crippen LogP) is 1.43. The fourth-order valence-electron chi connectivity index (χ4n) is 7.76. The van der Waals surface area contributed by atoms with Gasteiger partial charge in [0.25, 0.3) is 0 Å². The van der Waals surface area contributed by atoms with Gasteiger partial charge in [0, 0.05) is 68.3 Å². The van der Waals surface area contributed by atoms with Crippen molar-refractivity contribution in [1.82, 2.24) is 4.90 Å². The van der Waals surface area contributed by atoms with E-state index < -0.39 is 58.7 Å². The normalized spacial score (nSPS) is 44.4. The van der Waals surface area contributed by atoms with Crippen LogP contribution in [-0.2, 0) is 51.9 Å². The summed E-state index contributed by atoms with van der Waals surface area (Å²) in [5.41, 5.74) is -2.18. The molecule has 1 radical (unpaired) electrons. The molecular weight excluding hydrogens is 481 g/mol. The van der Waals surface area contributed by atoms with Gasteiger partial charge in [0.1, 0.15) is 17.3 Å². The van der Waals surface area contributed by atoms with Gasteiger partial charge >= 0.3 is 0 Å². The van der Waals surface area contributed by atoms with E-state index in [1.807, 2.05) is 6.92 Å². The van der Waals surface area contributed by atoms with Crippen molar-refractivity contribution in [1.29, 1.82) is 0 Å². The molecule has 163 valence electrons. The molecule has 32 heavy (non-hydrogen) atoms. The Labute approximate surface area is 214 Å². The molecule has 6 bridgehead atoms. The summed E-state index contributed by atoms with van der Waals surface area (Å²) in [6, 6.07) is -1.31. The number of piperidine rings is 1. The second kappa shape index (κ2) is 7.92. The maximum Gasteiger partial charge on any atom is 0.218 e. The first-order valence-corrected chi connectivity index (χ1v) is 10.5. The molecule has 5 rings (SSSR count). The van der Waals surface area contributed by atoms with Gasteiger partial charge in [-0.05, 0) is 50.6 Å². The molecular formula is C25H25N2O4Y-. The molecule has 0 aromatic rings. The smallest absolute Gasteiger partial charge is 0.218 e. The van der Waals surface area contributed by atoms with Crippen LogP contribution in [0.5, 0.6) is 0 Å². The van der Waals surface area contributed by atoms with Crippen molar-refractivity contribution in [2.45, 2.75) is 52.9 Å². The number of rotatable bonds is 3. The Balaban J connectivity index is 0.00000289. The van der Waals surface area contributed by atoms with Crippen LogP contribution in [0.1, 0.15) is 34.6 Å². The van der Waals surface area contributed by atoms with E-state index in [9.17, 15) is 19.2 Å². The molecule has 2 saturated carbocycles. The zero-order valence-corrected chi connectivity index (χ0v) is 21.7. The minimum atomic E-state index is -1.11. The Hall–Kier alpha value is -1.78. The first-order chi connectivity index (χ1) is 14.5. The zero-order valence-electron chi connectivity index (χ0n) is 18.9. The average molecular weight is 506 g/mol. The minimum absolute atomic E-state index is 0. The maximum absolute atomic E-state index is 13.2. The largest absolute Gasteiger partial charge is 0.636 e. The summed E-state index contributed by atoms with van der Waals surface area (Å²) in [7, 11) is 0. The Morgan fingerprint density at radius 2 is 1.53 bits per heavy atom. The van der Waals surface area contributed by atoms with E-state index >= 15 is 0 Å². The monoisotopic (exact) mass is 506 g/mol. The molecule has 3 saturated heterocycles. The average Bonchev–Trinajstić information content (AvgIpc) is 3.07. The Bertz CT molecular complexity index is 1070. The number of nitrogens with zero attached hydrogens (tertiary/aromatic N) is 2. The molecule has 1 amide bonds. The van der Waals surface area contributed by atoms with Crippen molar-refractivity contribution in [2.75, 3.05) is 0 Å². The third kappa shape index (κ3) is 2.57. The van der Waals surface area contributed by atoms with Crippen LogP contribution in [0, 0.1) is 76.9 Å². The maximum atomic E-state index is 13.2. The summed E-state index contributed by atoms with van der Waals surface area (Å²) < 4.78 is 0. The van der Waals surface area contributed by atoms with Gasteiger partial charge in [-0.2, -0.15) is 0 Å². The summed E-state index contributed by atoms with van der Waals surface area (Å²) in [4.78, 5) is 53.6. The minimum Gasteiger partial charge on any atom is -0.636 e. The van der Waals surface area contributed by atoms with E-state index in [-0.39, 0.29) is 56.0 Å². The number of hydrogen-bond acceptors (Lipinski definition) is 4. The number of terminal acetylenes is 2. The Kier molecular flexibility index (Phi) is 6.15. The van der Waals surface area contributed by atoms with Gasteiger partial charge in [-0.1, -0.05) is 12.8 Å². The Morgan fingerprint density at radius 3 is 1.97 bits per heavy atom. The molecule has 0 aromatic heterocycles. The summed E-state index contributed by atoms with van der Waals surface area (Å²) in [6.07, 6.45) is 10.9. The third-order valence-electron chi connectivity index (χ3n) is 8.45. The van der Waals surface area contributed by atoms with E-state index in [0.29, 0.717) is 0 Å². The van der Waals surface area contributed by atoms with Gasteiger partial charge in [0.15, 0.2) is 0 Å². The number of amides is 1. The first kappa shape index (κ1) is 24.9. The van der Waals surface area contributed by atoms with Crippen LogP contribution in [0.2, 0.25) is 0 Å². The molecule has 10 unspecified atom stereocenters. The van der Waals surface area contributed by atoms with Gasteiger partial charge in [-0.25, -0.2) is 0 Å². The van der Waals surface area contributed by atoms with Crippen molar-refractivity contribution in [3.05, 3.63) is 5.32 Å². The summed E-state index contributed by atoms with van der Waals surface area (Å²) in [5, 5.41) is 4.98. The van der Waals surface area contributed by atoms with Crippen LogP contribution in [0.3, 0.4) is 0 Å². The van der Waals surface area contributed by atoms with E-state index in [1.54, 1.807) is 4.90 Å². The SMILES string of the molecule is C#CC#CC12C(C(C)=O)C3C4C(C(C)=O)C([N-]C1N3C(C)=O)C(C#C)(C4C(C)=O)C2C.[Y]. The van der Waals surface area contributed by atoms with Crippen LogP contribution in [0.15, 0.2) is 0 Å². The summed E-state index contributed by atoms with van der Waals surface area (Å²) >= 11 is 0. The van der Waals surface area contributed by atoms with Gasteiger partial charge in [0.05, 0.1) is 5.92 Å². The number of ketones is 3. The van der Waals surface area contributed by atoms with Crippen molar-refractivity contribution in [3.8, 4) is 36.5 Å². The second-order valence-corrected chi connectivity index (χ2v) is 9.40. The molecule has 10 atom stereocenters. The molecule has 5 fully saturated rings. The fourth-order valence-corrected chi connectivity index (χ4v) is 7.76. The summed E-state index contributed by atoms with van der Waals surface area (Å²) in [6.45, 7) is 7.71. The van der Waals surface area contributed by atoms with Gasteiger partial charge in [-0.15, -0.1) is 24.8 Å². The van der Waals surface area contributed by atoms with E-state index in [2.05, 4.69) is 23.7 Å². The molecule has 3 aliphatic heterocycles. The molecule has 6 nitrogen and oxygen atoms in total. The van der Waals surface area contributed by atoms with Crippen molar-refractivity contribution >= 4 is 23.3 Å². The number of hydrogen-bond donors (Lipinski definition) is 0. The second-order valence-electron chi connectivity index (χ2n) is 9.40. The molecule has 2 aliphatic carbocycles. The van der Waals surface area contributed by atoms with E-state index in [4.69, 9.17) is 18.2 Å². The van der Waals surface area contributed by atoms with Gasteiger partial charge < -0.3 is 10.2 Å². The standard InChI is InChI=1S/C25H25N2O4.Y/c1-8-10-11-25-15(6)24(9-2)19(13(4)29)18-17(12(3)28)22(24)26-23(25)27(16(7)31)21(18)20(25)14(5)30;/h1-2,15,17-23H,3-7H3;/q-1;. The quantitative estimate of drug-likeness (QED) is 0.543. The molecule has 0 aromatic carbocycles. The first-order valence-electron chi connectivity index (χ1n) is 10.5. The van der Waals surface area contributed by atoms with E-state index in [1.165, 1.54) is 27.7 Å². The van der Waals surface area contributed by atoms with Gasteiger partial charge in [0.2, 0.25) is 5.91 Å². The molecule has 0 spiro atoms. The summed E-state index contributed by atoms with van der Waals surface area (Å²) in [5.74, 6) is 7.13. The van der Waals surface area contributed by atoms with Crippen LogP contribution in [-0.4, -0.2) is 46.4 Å². The Morgan fingerprint density at radius 1 is 0.938 bits per heavy atom. The van der Waals surface area contributed by atoms with E-state index in [0.717, 1.165) is 0 Å². The third-order valence-corrected chi connectivity index (χ3v) is 8.45. The number of carbonyl (C=O) groups is 4. The van der Waals surface area contributed by atoms with Crippen molar-refractivity contribution in [3.63, 3.8) is 0 Å². The topological polar surface area (TPSA) is 85.6 Å². The van der Waals surface area contributed by atoms with Crippen LogP contribution in [0.25, 0.3) is 5.32 Å². The fraction of sp³-hybridized carbons (Fsp3) is 0.600. The molecule has 3 heterocycles.